The molecule has 1 nitrogen and oxygen atoms in total. The largest absolute Gasteiger partial charge is 0.385 e. The van der Waals surface area contributed by atoms with Gasteiger partial charge >= 0.3 is 0 Å². The Labute approximate surface area is 167 Å². The zero-order valence-electron chi connectivity index (χ0n) is 15.8. The highest BCUT2D eigenvalue weighted by Gasteiger charge is 2.33. The topological polar surface area (TPSA) is 20.2 Å². The predicted molar refractivity (Wildman–Crippen MR) is 118 cm³/mol. The van der Waals surface area contributed by atoms with Gasteiger partial charge in [0.25, 0.3) is 0 Å². The normalized spacial score (nSPS) is 14.2. The molecule has 134 valence electrons. The van der Waals surface area contributed by atoms with Crippen LogP contribution in [0.2, 0.25) is 0 Å². The molecule has 0 aliphatic heterocycles. The van der Waals surface area contributed by atoms with Gasteiger partial charge in [0.15, 0.2) is 0 Å². The van der Waals surface area contributed by atoms with Crippen LogP contribution in [0.3, 0.4) is 0 Å². The fourth-order valence-corrected chi connectivity index (χ4v) is 5.39. The van der Waals surface area contributed by atoms with Crippen LogP contribution in [0.4, 0.5) is 0 Å². The molecule has 26 heavy (non-hydrogen) atoms. The summed E-state index contributed by atoms with van der Waals surface area (Å²) in [5, 5.41) is 10.6. The molecule has 3 aromatic rings. The van der Waals surface area contributed by atoms with Gasteiger partial charge in [0.1, 0.15) is 0 Å². The molecule has 1 unspecified atom stereocenters. The van der Waals surface area contributed by atoms with Gasteiger partial charge in [-0.15, -0.1) is 0 Å². The number of aliphatic hydroxyl groups is 1. The monoisotopic (exact) mass is 424 g/mol. The molecule has 0 amide bonds. The van der Waals surface area contributed by atoms with E-state index < -0.39 is 5.22 Å². The number of hydrogen-bond acceptors (Lipinski definition) is 1. The zero-order valence-corrected chi connectivity index (χ0v) is 19.3. The average Bonchev–Trinajstić information content (AvgIpc) is 2.62. The first-order valence-corrected chi connectivity index (χ1v) is 10.7. The molecule has 0 fully saturated rings. The first kappa shape index (κ1) is 19.1. The Balaban J connectivity index is 2.26. The number of benzene rings is 3. The molecule has 0 heterocycles. The highest BCUT2D eigenvalue weighted by atomic mass is 79.9. The first-order chi connectivity index (χ1) is 12.2. The zero-order chi connectivity index (χ0) is 18.9. The van der Waals surface area contributed by atoms with Gasteiger partial charge in [-0.25, -0.2) is 0 Å². The third-order valence-corrected chi connectivity index (χ3v) is 6.78. The van der Waals surface area contributed by atoms with E-state index >= 15 is 0 Å². The summed E-state index contributed by atoms with van der Waals surface area (Å²) in [4.78, 5) is 0. The summed E-state index contributed by atoms with van der Waals surface area (Å²) < 4.78 is 1.07. The van der Waals surface area contributed by atoms with E-state index in [0.717, 1.165) is 21.2 Å². The van der Waals surface area contributed by atoms with Crippen molar-refractivity contribution in [3.8, 4) is 11.1 Å². The molecule has 3 rings (SSSR count). The molecule has 0 aromatic heterocycles. The second kappa shape index (κ2) is 7.14. The fourth-order valence-electron chi connectivity index (χ4n) is 3.47. The predicted octanol–water partition coefficient (Wildman–Crippen LogP) is 4.97. The fraction of sp³-hybridized carbons (Fsp3) is 0.217. The molecule has 0 aliphatic rings. The SMILES string of the molecule is CC(C)(C)c1c(C(O)([SiH3])c2ccccc2)ccc(-c2ccccc2)c1Br. The van der Waals surface area contributed by atoms with Crippen LogP contribution >= 0.6 is 15.9 Å². The summed E-state index contributed by atoms with van der Waals surface area (Å²) in [5.74, 6) is 0. The smallest absolute Gasteiger partial charge is 0.0930 e. The Hall–Kier alpha value is -1.68. The van der Waals surface area contributed by atoms with Crippen molar-refractivity contribution in [1.82, 2.24) is 0 Å². The minimum atomic E-state index is -0.929. The summed E-state index contributed by atoms with van der Waals surface area (Å²) >= 11 is 3.87. The van der Waals surface area contributed by atoms with E-state index in [2.05, 4.69) is 73.1 Å². The maximum atomic E-state index is 11.5. The standard InChI is InChI=1S/C23H25BrOSi/c1-22(2,3)20-19(23(25,26)17-12-8-5-9-13-17)15-14-18(21(20)24)16-10-6-4-7-11-16/h4-15,25H,1-3,26H3. The summed E-state index contributed by atoms with van der Waals surface area (Å²) in [6.45, 7) is 6.61. The molecule has 3 aromatic carbocycles. The second-order valence-corrected chi connectivity index (χ2v) is 10.1. The average molecular weight is 425 g/mol. The third kappa shape index (κ3) is 3.57. The van der Waals surface area contributed by atoms with Crippen LogP contribution in [0.15, 0.2) is 77.3 Å². The van der Waals surface area contributed by atoms with Crippen LogP contribution < -0.4 is 0 Å². The molecule has 0 saturated carbocycles. The Kier molecular flexibility index (Phi) is 5.25. The van der Waals surface area contributed by atoms with Crippen molar-refractivity contribution < 1.29 is 5.11 Å². The van der Waals surface area contributed by atoms with Crippen molar-refractivity contribution in [2.24, 2.45) is 0 Å². The van der Waals surface area contributed by atoms with Crippen molar-refractivity contribution in [3.63, 3.8) is 0 Å². The number of hydrogen-bond donors (Lipinski definition) is 1. The molecule has 0 saturated heterocycles. The van der Waals surface area contributed by atoms with Gasteiger partial charge in [-0.1, -0.05) is 93.6 Å². The van der Waals surface area contributed by atoms with Gasteiger partial charge in [0.2, 0.25) is 0 Å². The van der Waals surface area contributed by atoms with Gasteiger partial charge in [-0.3, -0.25) is 0 Å². The quantitative estimate of drug-likeness (QED) is 0.588. The Morgan fingerprint density at radius 2 is 1.35 bits per heavy atom. The van der Waals surface area contributed by atoms with Gasteiger partial charge < -0.3 is 5.11 Å². The van der Waals surface area contributed by atoms with Gasteiger partial charge in [-0.2, -0.15) is 0 Å². The van der Waals surface area contributed by atoms with Crippen LogP contribution in [0.1, 0.15) is 37.5 Å². The molecule has 1 atom stereocenters. The van der Waals surface area contributed by atoms with E-state index in [4.69, 9.17) is 0 Å². The van der Waals surface area contributed by atoms with E-state index in [1.54, 1.807) is 0 Å². The van der Waals surface area contributed by atoms with Crippen molar-refractivity contribution >= 4 is 26.2 Å². The van der Waals surface area contributed by atoms with Crippen molar-refractivity contribution in [2.75, 3.05) is 0 Å². The van der Waals surface area contributed by atoms with Gasteiger partial charge in [0.05, 0.1) is 15.5 Å². The molecule has 3 heteroatoms. The lowest BCUT2D eigenvalue weighted by molar-refractivity contribution is 0.169. The van der Waals surface area contributed by atoms with E-state index in [1.165, 1.54) is 11.1 Å². The van der Waals surface area contributed by atoms with E-state index in [0.29, 0.717) is 10.2 Å². The lowest BCUT2D eigenvalue weighted by Gasteiger charge is -2.34. The Bertz CT molecular complexity index is 897. The van der Waals surface area contributed by atoms with Crippen LogP contribution in [0, 0.1) is 0 Å². The van der Waals surface area contributed by atoms with Gasteiger partial charge in [-0.05, 0) is 49.2 Å². The van der Waals surface area contributed by atoms with Crippen LogP contribution in [-0.2, 0) is 10.6 Å². The van der Waals surface area contributed by atoms with Crippen LogP contribution in [-0.4, -0.2) is 15.3 Å². The van der Waals surface area contributed by atoms with Gasteiger partial charge in [0, 0.05) is 4.47 Å². The minimum absolute atomic E-state index is 0.105. The minimum Gasteiger partial charge on any atom is -0.385 e. The first-order valence-electron chi connectivity index (χ1n) is 8.89. The molecule has 0 aliphatic carbocycles. The molecule has 0 spiro atoms. The second-order valence-electron chi connectivity index (χ2n) is 7.90. The van der Waals surface area contributed by atoms with Crippen molar-refractivity contribution in [2.45, 2.75) is 31.4 Å². The lowest BCUT2D eigenvalue weighted by Crippen LogP contribution is -2.32. The highest BCUT2D eigenvalue weighted by Crippen LogP contribution is 2.43. The molecule has 0 radical (unpaired) electrons. The number of halogens is 1. The molecular formula is C23H25BrOSi. The van der Waals surface area contributed by atoms with E-state index in [1.807, 2.05) is 36.4 Å². The van der Waals surface area contributed by atoms with Crippen LogP contribution in [0.5, 0.6) is 0 Å². The van der Waals surface area contributed by atoms with E-state index in [9.17, 15) is 5.11 Å². The number of rotatable bonds is 3. The van der Waals surface area contributed by atoms with Crippen LogP contribution in [0.25, 0.3) is 11.1 Å². The Morgan fingerprint density at radius 1 is 0.808 bits per heavy atom. The van der Waals surface area contributed by atoms with E-state index in [-0.39, 0.29) is 5.41 Å². The summed E-state index contributed by atoms with van der Waals surface area (Å²) in [6, 6.07) is 24.6. The molecular weight excluding hydrogens is 400 g/mol. The maximum absolute atomic E-state index is 11.5. The highest BCUT2D eigenvalue weighted by molar-refractivity contribution is 9.10. The summed E-state index contributed by atoms with van der Waals surface area (Å²) in [5.41, 5.74) is 5.34. The summed E-state index contributed by atoms with van der Waals surface area (Å²) in [7, 11) is 0.606. The Morgan fingerprint density at radius 3 is 1.88 bits per heavy atom. The molecule has 0 bridgehead atoms. The third-order valence-electron chi connectivity index (χ3n) is 4.84. The van der Waals surface area contributed by atoms with Crippen molar-refractivity contribution in [3.05, 3.63) is 94.0 Å². The summed E-state index contributed by atoms with van der Waals surface area (Å²) in [6.07, 6.45) is 0. The maximum Gasteiger partial charge on any atom is 0.0930 e. The molecule has 1 N–H and O–H groups in total. The lowest BCUT2D eigenvalue weighted by atomic mass is 9.79. The van der Waals surface area contributed by atoms with Crippen molar-refractivity contribution in [1.29, 1.82) is 0 Å².